The molecule has 0 spiro atoms. The first kappa shape index (κ1) is 43.4. The van der Waals surface area contributed by atoms with E-state index in [9.17, 15) is 0 Å². The van der Waals surface area contributed by atoms with E-state index < -0.39 is 8.07 Å². The number of para-hydroxylation sites is 4. The Hall–Kier alpha value is -9.04. The van der Waals surface area contributed by atoms with E-state index in [0.29, 0.717) is 0 Å². The highest BCUT2D eigenvalue weighted by Crippen LogP contribution is 2.47. The number of hydrogen-bond acceptors (Lipinski definition) is 5. The molecule has 0 saturated heterocycles. The van der Waals surface area contributed by atoms with Crippen LogP contribution >= 0.6 is 22.7 Å². The Morgan fingerprint density at radius 3 is 1.68 bits per heavy atom. The van der Waals surface area contributed by atoms with Crippen LogP contribution in [0.5, 0.6) is 0 Å². The van der Waals surface area contributed by atoms with Crippen molar-refractivity contribution in [2.45, 2.75) is 0 Å². The number of furan rings is 1. The van der Waals surface area contributed by atoms with E-state index in [1.807, 2.05) is 22.7 Å². The fourth-order valence-electron chi connectivity index (χ4n) is 12.6. The van der Waals surface area contributed by atoms with Crippen molar-refractivity contribution >= 4 is 159 Å². The van der Waals surface area contributed by atoms with Gasteiger partial charge >= 0.3 is 0 Å². The lowest BCUT2D eigenvalue weighted by Crippen LogP contribution is -2.77. The minimum atomic E-state index is -3.20. The molecule has 3 nitrogen and oxygen atoms in total. The lowest BCUT2D eigenvalue weighted by molar-refractivity contribution is 0.669. The van der Waals surface area contributed by atoms with Crippen LogP contribution in [0, 0.1) is 0 Å². The van der Waals surface area contributed by atoms with Crippen LogP contribution in [0.3, 0.4) is 0 Å². The van der Waals surface area contributed by atoms with Crippen LogP contribution in [0.1, 0.15) is 0 Å². The Bertz CT molecular complexity index is 4680. The molecule has 12 aromatic carbocycles. The molecule has 3 aromatic heterocycles. The maximum absolute atomic E-state index is 6.92. The number of hydrogen-bond donors (Lipinski definition) is 0. The zero-order valence-corrected chi connectivity index (χ0v) is 43.7. The van der Waals surface area contributed by atoms with Gasteiger partial charge in [-0.3, -0.25) is 0 Å². The van der Waals surface area contributed by atoms with Crippen molar-refractivity contribution in [3.05, 3.63) is 267 Å². The van der Waals surface area contributed by atoms with Gasteiger partial charge in [0.1, 0.15) is 5.58 Å². The lowest BCUT2D eigenvalue weighted by Gasteiger charge is -2.45. The third-order valence-corrected chi connectivity index (χ3v) is 23.0. The lowest BCUT2D eigenvalue weighted by atomic mass is 9.98. The topological polar surface area (TPSA) is 19.6 Å². The summed E-state index contributed by atoms with van der Waals surface area (Å²) in [6, 6.07) is 99.5. The molecule has 1 aliphatic rings. The summed E-state index contributed by atoms with van der Waals surface area (Å²) in [7, 11) is -3.20. The molecule has 16 rings (SSSR count). The molecule has 0 saturated carbocycles. The van der Waals surface area contributed by atoms with Gasteiger partial charge in [0.05, 0.1) is 5.69 Å². The molecule has 4 heterocycles. The number of fused-ring (bicyclic) bond motifs is 12. The van der Waals surface area contributed by atoms with Crippen LogP contribution in [-0.4, -0.2) is 8.07 Å². The van der Waals surface area contributed by atoms with Crippen molar-refractivity contribution < 1.29 is 4.42 Å². The minimum Gasteiger partial charge on any atom is -0.454 e. The van der Waals surface area contributed by atoms with Crippen LogP contribution < -0.4 is 30.5 Å². The maximum atomic E-state index is 6.92. The molecule has 0 aliphatic carbocycles. The highest BCUT2D eigenvalue weighted by molar-refractivity contribution is 7.27. The van der Waals surface area contributed by atoms with Crippen LogP contribution in [0.15, 0.2) is 271 Å². The number of anilines is 6. The van der Waals surface area contributed by atoms with Gasteiger partial charge in [0, 0.05) is 79.6 Å². The molecule has 15 aromatic rings. The second-order valence-electron chi connectivity index (χ2n) is 19.9. The Morgan fingerprint density at radius 1 is 0.368 bits per heavy atom. The van der Waals surface area contributed by atoms with Gasteiger partial charge < -0.3 is 14.2 Å². The molecule has 0 amide bonds. The average Bonchev–Trinajstić information content (AvgIpc) is 4.27. The van der Waals surface area contributed by atoms with E-state index in [1.54, 1.807) is 0 Å². The predicted octanol–water partition coefficient (Wildman–Crippen LogP) is 17.8. The van der Waals surface area contributed by atoms with E-state index in [1.165, 1.54) is 88.7 Å². The quantitative estimate of drug-likeness (QED) is 0.148. The summed E-state index contributed by atoms with van der Waals surface area (Å²) in [4.78, 5) is 4.94. The van der Waals surface area contributed by atoms with Gasteiger partial charge in [0.15, 0.2) is 13.7 Å². The highest BCUT2D eigenvalue weighted by atomic mass is 32.1. The average molecular weight is 1020 g/mol. The second-order valence-corrected chi connectivity index (χ2v) is 25.8. The van der Waals surface area contributed by atoms with Crippen LogP contribution in [-0.2, 0) is 0 Å². The SMILES string of the molecule is c1ccc(N2c3ccccc3[Si](c3ccc4c(c3)sc3ccccc34)(c3ccc4c(c3)sc3ccccc34)c3ccc(N(c4ccc(-c5cccc6ccccc56)cc4)c4cccc5c4oc4ccccc45)cc32)cc1. The van der Waals surface area contributed by atoms with E-state index >= 15 is 0 Å². The Morgan fingerprint density at radius 2 is 0.934 bits per heavy atom. The third kappa shape index (κ3) is 6.45. The molecule has 1 aliphatic heterocycles. The van der Waals surface area contributed by atoms with Gasteiger partial charge in [-0.05, 0) is 122 Å². The molecular formula is C70H44N2OS2Si. The van der Waals surface area contributed by atoms with Crippen LogP contribution in [0.2, 0.25) is 0 Å². The fourth-order valence-corrected chi connectivity index (χ4v) is 20.2. The molecule has 0 fully saturated rings. The molecule has 0 radical (unpaired) electrons. The van der Waals surface area contributed by atoms with Gasteiger partial charge in [0.2, 0.25) is 0 Å². The summed E-state index contributed by atoms with van der Waals surface area (Å²) in [5.41, 5.74) is 10.6. The summed E-state index contributed by atoms with van der Waals surface area (Å²) >= 11 is 3.80. The highest BCUT2D eigenvalue weighted by Gasteiger charge is 2.49. The number of rotatable bonds is 7. The molecular weight excluding hydrogens is 977 g/mol. The van der Waals surface area contributed by atoms with E-state index in [0.717, 1.165) is 50.4 Å². The largest absolute Gasteiger partial charge is 0.454 e. The van der Waals surface area contributed by atoms with Gasteiger partial charge in [-0.25, -0.2) is 0 Å². The van der Waals surface area contributed by atoms with Gasteiger partial charge in [-0.2, -0.15) is 0 Å². The first-order valence-corrected chi connectivity index (χ1v) is 29.5. The smallest absolute Gasteiger partial charge is 0.184 e. The van der Waals surface area contributed by atoms with Crippen molar-refractivity contribution in [1.29, 1.82) is 0 Å². The van der Waals surface area contributed by atoms with Crippen molar-refractivity contribution in [1.82, 2.24) is 0 Å². The predicted molar refractivity (Wildman–Crippen MR) is 329 cm³/mol. The molecule has 0 N–H and O–H groups in total. The normalized spacial score (nSPS) is 13.1. The number of nitrogens with zero attached hydrogens (tertiary/aromatic N) is 2. The van der Waals surface area contributed by atoms with Gasteiger partial charge in [0.25, 0.3) is 0 Å². The van der Waals surface area contributed by atoms with Crippen molar-refractivity contribution in [2.75, 3.05) is 9.80 Å². The Labute approximate surface area is 448 Å². The summed E-state index contributed by atoms with van der Waals surface area (Å²) in [5, 5.41) is 15.3. The summed E-state index contributed by atoms with van der Waals surface area (Å²) < 4.78 is 12.2. The second kappa shape index (κ2) is 17.0. The van der Waals surface area contributed by atoms with Crippen molar-refractivity contribution in [3.8, 4) is 11.1 Å². The minimum absolute atomic E-state index is 0.849. The first-order valence-electron chi connectivity index (χ1n) is 25.9. The van der Waals surface area contributed by atoms with E-state index in [2.05, 4.69) is 277 Å². The zero-order chi connectivity index (χ0) is 49.9. The summed E-state index contributed by atoms with van der Waals surface area (Å²) in [6.45, 7) is 0. The van der Waals surface area contributed by atoms with E-state index in [4.69, 9.17) is 4.42 Å². The van der Waals surface area contributed by atoms with Gasteiger partial charge in [-0.1, -0.05) is 188 Å². The molecule has 0 bridgehead atoms. The van der Waals surface area contributed by atoms with Crippen LogP contribution in [0.25, 0.3) is 84.2 Å². The molecule has 356 valence electrons. The first-order chi connectivity index (χ1) is 37.7. The standard InChI is InChI=1S/C70H44N2OS2Si/c1-2-18-47(19-3-1)72-60-26-9-13-31-68(60)76(50-37-39-57-55-22-7-11-29-64(55)74-66(57)43-50,51-38-40-58-56-23-8-12-30-65(56)75-67(58)44-51)69-41-36-49(42-62(69)72)71(61-27-15-25-59-54-21-6-10-28-63(54)73-70(59)61)48-34-32-46(33-35-48)53-24-14-17-45-16-4-5-20-52(45)53/h1-44H. The zero-order valence-electron chi connectivity index (χ0n) is 41.0. The molecule has 76 heavy (non-hydrogen) atoms. The fraction of sp³-hybridized carbons (Fsp3) is 0. The summed E-state index contributed by atoms with van der Waals surface area (Å²) in [5.74, 6) is 0. The number of thiophene rings is 2. The van der Waals surface area contributed by atoms with Crippen LogP contribution in [0.4, 0.5) is 34.1 Å². The molecule has 0 unspecified atom stereocenters. The molecule has 0 atom stereocenters. The maximum Gasteiger partial charge on any atom is 0.184 e. The number of benzene rings is 12. The van der Waals surface area contributed by atoms with Crippen molar-refractivity contribution in [3.63, 3.8) is 0 Å². The molecule has 6 heteroatoms. The van der Waals surface area contributed by atoms with E-state index in [-0.39, 0.29) is 0 Å². The summed E-state index contributed by atoms with van der Waals surface area (Å²) in [6.07, 6.45) is 0. The van der Waals surface area contributed by atoms with Crippen molar-refractivity contribution in [2.24, 2.45) is 0 Å². The monoisotopic (exact) mass is 1020 g/mol. The Kier molecular flexibility index (Phi) is 9.70. The third-order valence-electron chi connectivity index (χ3n) is 15.9. The Balaban J connectivity index is 0.989. The van der Waals surface area contributed by atoms with Gasteiger partial charge in [-0.15, -0.1) is 22.7 Å².